The number of ether oxygens (including phenoxy) is 2. The molecule has 2 amide bonds. The van der Waals surface area contributed by atoms with Crippen molar-refractivity contribution in [3.05, 3.63) is 52.6 Å². The van der Waals surface area contributed by atoms with Gasteiger partial charge in [-0.25, -0.2) is 4.79 Å². The predicted octanol–water partition coefficient (Wildman–Crippen LogP) is 4.38. The first-order valence-electron chi connectivity index (χ1n) is 10.7. The summed E-state index contributed by atoms with van der Waals surface area (Å²) in [5, 5.41) is 25.8. The third-order valence-corrected chi connectivity index (χ3v) is 5.85. The van der Waals surface area contributed by atoms with E-state index in [1.165, 1.54) is 19.2 Å². The molecule has 0 saturated carbocycles. The topological polar surface area (TPSA) is 100 Å². The number of rotatable bonds is 5. The normalized spacial score (nSPS) is 18.8. The van der Waals surface area contributed by atoms with Gasteiger partial charge in [0, 0.05) is 5.56 Å². The van der Waals surface area contributed by atoms with Crippen LogP contribution in [0, 0.1) is 0 Å². The molecule has 0 fully saturated rings. The minimum absolute atomic E-state index is 0.0302. The number of anilines is 1. The summed E-state index contributed by atoms with van der Waals surface area (Å²) in [6, 6.07) is 6.60. The quantitative estimate of drug-likeness (QED) is 0.507. The van der Waals surface area contributed by atoms with Crippen molar-refractivity contribution in [3.63, 3.8) is 0 Å². The van der Waals surface area contributed by atoms with Crippen LogP contribution in [0.2, 0.25) is 0 Å². The number of halogens is 3. The molecule has 0 radical (unpaired) electrons. The second kappa shape index (κ2) is 9.34. The Bertz CT molecular complexity index is 1070. The van der Waals surface area contributed by atoms with E-state index in [-0.39, 0.29) is 11.4 Å². The number of aliphatic hydroxyl groups excluding tert-OH is 2. The molecule has 1 aliphatic rings. The van der Waals surface area contributed by atoms with Crippen molar-refractivity contribution in [2.75, 3.05) is 19.5 Å². The number of fused-ring (bicyclic) bond motifs is 1. The average molecular weight is 482 g/mol. The van der Waals surface area contributed by atoms with Crippen LogP contribution < -0.4 is 20.1 Å². The molecule has 0 bridgehead atoms. The van der Waals surface area contributed by atoms with E-state index in [1.54, 1.807) is 39.0 Å². The number of carbonyl (C=O) groups is 1. The van der Waals surface area contributed by atoms with E-state index in [9.17, 15) is 28.2 Å². The van der Waals surface area contributed by atoms with E-state index in [0.717, 1.165) is 12.7 Å². The summed E-state index contributed by atoms with van der Waals surface area (Å²) >= 11 is 0. The molecular formula is C24H29F3N2O5. The van der Waals surface area contributed by atoms with Crippen molar-refractivity contribution >= 4 is 11.7 Å². The zero-order valence-corrected chi connectivity index (χ0v) is 19.6. The molecule has 0 aliphatic heterocycles. The Morgan fingerprint density at radius 3 is 2.35 bits per heavy atom. The van der Waals surface area contributed by atoms with Gasteiger partial charge in [0.15, 0.2) is 6.10 Å². The number of carbonyl (C=O) groups excluding carboxylic acids is 1. The highest BCUT2D eigenvalue weighted by molar-refractivity contribution is 5.92. The first kappa shape index (κ1) is 25.6. The fraction of sp³-hybridized carbons (Fsp3) is 0.458. The summed E-state index contributed by atoms with van der Waals surface area (Å²) in [6.45, 7) is 5.38. The number of amides is 2. The molecule has 3 rings (SSSR count). The van der Waals surface area contributed by atoms with E-state index in [4.69, 9.17) is 9.47 Å². The van der Waals surface area contributed by atoms with E-state index in [2.05, 4.69) is 10.6 Å². The molecule has 0 aromatic heterocycles. The fourth-order valence-corrected chi connectivity index (χ4v) is 3.97. The van der Waals surface area contributed by atoms with Crippen LogP contribution in [0.5, 0.6) is 11.5 Å². The minimum Gasteiger partial charge on any atom is -0.497 e. The van der Waals surface area contributed by atoms with Gasteiger partial charge in [-0.2, -0.15) is 13.2 Å². The van der Waals surface area contributed by atoms with Crippen molar-refractivity contribution in [1.29, 1.82) is 0 Å². The summed E-state index contributed by atoms with van der Waals surface area (Å²) in [5.74, 6) is 0.273. The van der Waals surface area contributed by atoms with Crippen molar-refractivity contribution in [2.45, 2.75) is 57.0 Å². The standard InChI is InChI=1S/C24H29F3N2O5/c1-23(2,3)13-9-16(21(31)24(25,26)27)20(34-5)18(10-13)29-22(32)28-17-8-12-6-7-14(33-4)11-15(12)19(17)30/h6-7,9-11,17,19,21,30-31H,8H2,1-5H3,(H2,28,29,32)/t17-,19+,21-/m1/s1. The maximum absolute atomic E-state index is 13.3. The lowest BCUT2D eigenvalue weighted by molar-refractivity contribution is -0.207. The number of alkyl halides is 3. The maximum Gasteiger partial charge on any atom is 0.418 e. The molecule has 10 heteroatoms. The lowest BCUT2D eigenvalue weighted by atomic mass is 9.84. The van der Waals surface area contributed by atoms with Crippen LogP contribution in [0.15, 0.2) is 30.3 Å². The van der Waals surface area contributed by atoms with Gasteiger partial charge < -0.3 is 30.3 Å². The molecule has 4 N–H and O–H groups in total. The van der Waals surface area contributed by atoms with Gasteiger partial charge in [0.05, 0.1) is 32.1 Å². The van der Waals surface area contributed by atoms with Crippen LogP contribution in [0.1, 0.15) is 55.2 Å². The molecule has 34 heavy (non-hydrogen) atoms. The number of hydrogen-bond acceptors (Lipinski definition) is 5. The number of aliphatic hydroxyl groups is 2. The van der Waals surface area contributed by atoms with Crippen LogP contribution in [-0.2, 0) is 11.8 Å². The summed E-state index contributed by atoms with van der Waals surface area (Å²) in [4.78, 5) is 12.8. The predicted molar refractivity (Wildman–Crippen MR) is 120 cm³/mol. The third kappa shape index (κ3) is 5.23. The van der Waals surface area contributed by atoms with Gasteiger partial charge in [0.1, 0.15) is 11.5 Å². The van der Waals surface area contributed by atoms with Crippen LogP contribution in [-0.4, -0.2) is 42.7 Å². The Morgan fingerprint density at radius 1 is 1.12 bits per heavy atom. The SMILES string of the molecule is COc1ccc2c(c1)[C@H](O)[C@H](NC(=O)Nc1cc(C(C)(C)C)cc([C@@H](O)C(F)(F)F)c1OC)C2. The average Bonchev–Trinajstić information content (AvgIpc) is 3.05. The molecule has 2 aromatic carbocycles. The Morgan fingerprint density at radius 2 is 1.79 bits per heavy atom. The highest BCUT2D eigenvalue weighted by atomic mass is 19.4. The summed E-state index contributed by atoms with van der Waals surface area (Å²) in [7, 11) is 2.67. The van der Waals surface area contributed by atoms with E-state index in [0.29, 0.717) is 23.3 Å². The molecule has 1 aliphatic carbocycles. The van der Waals surface area contributed by atoms with Crippen LogP contribution in [0.4, 0.5) is 23.7 Å². The van der Waals surface area contributed by atoms with Gasteiger partial charge >= 0.3 is 12.2 Å². The molecule has 7 nitrogen and oxygen atoms in total. The zero-order valence-electron chi connectivity index (χ0n) is 19.6. The molecule has 0 spiro atoms. The smallest absolute Gasteiger partial charge is 0.418 e. The molecular weight excluding hydrogens is 453 g/mol. The summed E-state index contributed by atoms with van der Waals surface area (Å²) in [6.07, 6.45) is -8.34. The van der Waals surface area contributed by atoms with Crippen LogP contribution in [0.25, 0.3) is 0 Å². The van der Waals surface area contributed by atoms with Crippen LogP contribution in [0.3, 0.4) is 0 Å². The number of methoxy groups -OCH3 is 2. The van der Waals surface area contributed by atoms with Gasteiger partial charge in [-0.3, -0.25) is 0 Å². The summed E-state index contributed by atoms with van der Waals surface area (Å²) < 4.78 is 50.3. The van der Waals surface area contributed by atoms with Crippen molar-refractivity contribution in [1.82, 2.24) is 5.32 Å². The Balaban J connectivity index is 1.89. The van der Waals surface area contributed by atoms with Crippen molar-refractivity contribution in [3.8, 4) is 11.5 Å². The lowest BCUT2D eigenvalue weighted by Gasteiger charge is -2.26. The van der Waals surface area contributed by atoms with Gasteiger partial charge in [-0.15, -0.1) is 0 Å². The zero-order chi connectivity index (χ0) is 25.4. The highest BCUT2D eigenvalue weighted by Gasteiger charge is 2.42. The van der Waals surface area contributed by atoms with E-state index < -0.39 is 41.4 Å². The molecule has 0 unspecified atom stereocenters. The van der Waals surface area contributed by atoms with Crippen molar-refractivity contribution < 1.29 is 37.7 Å². The Labute approximate surface area is 195 Å². The van der Waals surface area contributed by atoms with Gasteiger partial charge in [-0.05, 0) is 52.8 Å². The monoisotopic (exact) mass is 482 g/mol. The molecule has 2 aromatic rings. The van der Waals surface area contributed by atoms with Gasteiger partial charge in [0.25, 0.3) is 0 Å². The second-order valence-corrected chi connectivity index (χ2v) is 9.26. The molecule has 3 atom stereocenters. The number of urea groups is 1. The van der Waals surface area contributed by atoms with Gasteiger partial charge in [0.2, 0.25) is 0 Å². The van der Waals surface area contributed by atoms with E-state index >= 15 is 0 Å². The molecule has 0 saturated heterocycles. The number of nitrogens with one attached hydrogen (secondary N) is 2. The minimum atomic E-state index is -4.93. The largest absolute Gasteiger partial charge is 0.497 e. The Hall–Kier alpha value is -2.98. The fourth-order valence-electron chi connectivity index (χ4n) is 3.97. The molecule has 0 heterocycles. The van der Waals surface area contributed by atoms with E-state index in [1.807, 2.05) is 0 Å². The van der Waals surface area contributed by atoms with Crippen molar-refractivity contribution in [2.24, 2.45) is 0 Å². The lowest BCUT2D eigenvalue weighted by Crippen LogP contribution is -2.40. The third-order valence-electron chi connectivity index (χ3n) is 5.85. The van der Waals surface area contributed by atoms with Crippen LogP contribution >= 0.6 is 0 Å². The summed E-state index contributed by atoms with van der Waals surface area (Å²) in [5.41, 5.74) is 0.827. The number of benzene rings is 2. The highest BCUT2D eigenvalue weighted by Crippen LogP contribution is 2.43. The Kier molecular flexibility index (Phi) is 7.05. The molecule has 186 valence electrons. The number of hydrogen-bond donors (Lipinski definition) is 4. The first-order valence-corrected chi connectivity index (χ1v) is 10.7. The maximum atomic E-state index is 13.3. The van der Waals surface area contributed by atoms with Gasteiger partial charge in [-0.1, -0.05) is 26.8 Å². The second-order valence-electron chi connectivity index (χ2n) is 9.26. The first-order chi connectivity index (χ1) is 15.8.